The fourth-order valence-electron chi connectivity index (χ4n) is 4.10. The van der Waals surface area contributed by atoms with Crippen molar-refractivity contribution in [3.63, 3.8) is 0 Å². The van der Waals surface area contributed by atoms with Crippen LogP contribution in [0.5, 0.6) is 0 Å². The summed E-state index contributed by atoms with van der Waals surface area (Å²) < 4.78 is 5.37. The Bertz CT molecular complexity index is 1260. The summed E-state index contributed by atoms with van der Waals surface area (Å²) in [7, 11) is 0. The molecule has 7 nitrogen and oxygen atoms in total. The highest BCUT2D eigenvalue weighted by molar-refractivity contribution is 5.95. The van der Waals surface area contributed by atoms with Gasteiger partial charge in [-0.25, -0.2) is 0 Å². The lowest BCUT2D eigenvalue weighted by molar-refractivity contribution is 0.0696. The summed E-state index contributed by atoms with van der Waals surface area (Å²) >= 11 is 0. The monoisotopic (exact) mass is 439 g/mol. The number of H-pyrrole nitrogens is 1. The van der Waals surface area contributed by atoms with Crippen LogP contribution in [-0.2, 0) is 4.74 Å². The summed E-state index contributed by atoms with van der Waals surface area (Å²) in [5.41, 5.74) is 6.75. The lowest BCUT2D eigenvalue weighted by Crippen LogP contribution is -2.38. The zero-order valence-corrected chi connectivity index (χ0v) is 18.4. The quantitative estimate of drug-likeness (QED) is 0.480. The molecule has 5 rings (SSSR count). The standard InChI is InChI=1S/C26H25N5O2/c1-17-4-2-6-23(29-17)22-16-28-31-25(22)21-5-3-13-27-24(21)18-7-9-19(10-8-18)26(32)30-20-11-14-33-15-12-20/h2-10,13,16,20H,11-12,14-15H2,1H3,(H,28,31)(H,30,32). The number of pyridine rings is 2. The van der Waals surface area contributed by atoms with Gasteiger partial charge in [-0.05, 0) is 56.2 Å². The van der Waals surface area contributed by atoms with Crippen LogP contribution in [0.25, 0.3) is 33.8 Å². The summed E-state index contributed by atoms with van der Waals surface area (Å²) in [6.45, 7) is 3.36. The summed E-state index contributed by atoms with van der Waals surface area (Å²) in [6, 6.07) is 17.6. The molecule has 0 atom stereocenters. The van der Waals surface area contributed by atoms with E-state index in [4.69, 9.17) is 4.74 Å². The minimum atomic E-state index is -0.0604. The van der Waals surface area contributed by atoms with Crippen molar-refractivity contribution < 1.29 is 9.53 Å². The maximum absolute atomic E-state index is 12.7. The summed E-state index contributed by atoms with van der Waals surface area (Å²) in [5.74, 6) is -0.0604. The van der Waals surface area contributed by atoms with E-state index in [2.05, 4.69) is 25.5 Å². The number of ether oxygens (including phenoxy) is 1. The average Bonchev–Trinajstić information content (AvgIpc) is 3.35. The van der Waals surface area contributed by atoms with Crippen molar-refractivity contribution in [2.75, 3.05) is 13.2 Å². The number of carbonyl (C=O) groups is 1. The first-order valence-electron chi connectivity index (χ1n) is 11.1. The van der Waals surface area contributed by atoms with Crippen molar-refractivity contribution in [2.24, 2.45) is 0 Å². The van der Waals surface area contributed by atoms with Gasteiger partial charge in [0.2, 0.25) is 0 Å². The smallest absolute Gasteiger partial charge is 0.251 e. The topological polar surface area (TPSA) is 92.8 Å². The van der Waals surface area contributed by atoms with Gasteiger partial charge in [-0.2, -0.15) is 5.10 Å². The van der Waals surface area contributed by atoms with Crippen molar-refractivity contribution in [1.82, 2.24) is 25.5 Å². The first-order valence-corrected chi connectivity index (χ1v) is 11.1. The SMILES string of the molecule is Cc1cccc(-c2c[nH]nc2-c2cccnc2-c2ccc(C(=O)NC3CCOCC3)cc2)n1. The van der Waals surface area contributed by atoms with Gasteiger partial charge >= 0.3 is 0 Å². The molecular formula is C26H25N5O2. The second-order valence-corrected chi connectivity index (χ2v) is 8.15. The van der Waals surface area contributed by atoms with Crippen LogP contribution in [0.15, 0.2) is 67.0 Å². The van der Waals surface area contributed by atoms with E-state index in [1.165, 1.54) is 0 Å². The number of nitrogens with one attached hydrogen (secondary N) is 2. The normalized spacial score (nSPS) is 14.2. The highest BCUT2D eigenvalue weighted by atomic mass is 16.5. The minimum Gasteiger partial charge on any atom is -0.381 e. The lowest BCUT2D eigenvalue weighted by Gasteiger charge is -2.23. The van der Waals surface area contributed by atoms with E-state index in [0.717, 1.165) is 52.3 Å². The van der Waals surface area contributed by atoms with Gasteiger partial charge in [0.25, 0.3) is 5.91 Å². The molecule has 1 aliphatic heterocycles. The van der Waals surface area contributed by atoms with Crippen molar-refractivity contribution in [1.29, 1.82) is 0 Å². The predicted octanol–water partition coefficient (Wildman–Crippen LogP) is 4.42. The molecule has 166 valence electrons. The third kappa shape index (κ3) is 4.54. The zero-order valence-electron chi connectivity index (χ0n) is 18.4. The summed E-state index contributed by atoms with van der Waals surface area (Å²) in [6.07, 6.45) is 5.32. The van der Waals surface area contributed by atoms with E-state index in [9.17, 15) is 4.79 Å². The lowest BCUT2D eigenvalue weighted by atomic mass is 9.99. The Morgan fingerprint density at radius 1 is 1.00 bits per heavy atom. The Morgan fingerprint density at radius 2 is 1.82 bits per heavy atom. The average molecular weight is 440 g/mol. The number of carbonyl (C=O) groups excluding carboxylic acids is 1. The molecule has 0 bridgehead atoms. The molecule has 1 aliphatic rings. The van der Waals surface area contributed by atoms with Crippen LogP contribution in [0, 0.1) is 6.92 Å². The molecule has 1 aromatic carbocycles. The number of aromatic amines is 1. The summed E-state index contributed by atoms with van der Waals surface area (Å²) in [5, 5.41) is 10.6. The molecule has 1 amide bonds. The minimum absolute atomic E-state index is 0.0604. The van der Waals surface area contributed by atoms with E-state index in [1.54, 1.807) is 6.20 Å². The van der Waals surface area contributed by atoms with Gasteiger partial charge in [-0.1, -0.05) is 18.2 Å². The van der Waals surface area contributed by atoms with E-state index in [-0.39, 0.29) is 11.9 Å². The molecule has 4 heterocycles. The molecule has 0 spiro atoms. The number of aromatic nitrogens is 4. The van der Waals surface area contributed by atoms with Gasteiger partial charge in [0.1, 0.15) is 5.69 Å². The van der Waals surface area contributed by atoms with E-state index in [1.807, 2.05) is 67.7 Å². The Labute approximate surface area is 192 Å². The summed E-state index contributed by atoms with van der Waals surface area (Å²) in [4.78, 5) is 21.9. The van der Waals surface area contributed by atoms with Gasteiger partial charge in [0.15, 0.2) is 0 Å². The molecular weight excluding hydrogens is 414 g/mol. The van der Waals surface area contributed by atoms with Crippen LogP contribution in [-0.4, -0.2) is 45.3 Å². The second-order valence-electron chi connectivity index (χ2n) is 8.15. The van der Waals surface area contributed by atoms with Gasteiger partial charge < -0.3 is 10.1 Å². The van der Waals surface area contributed by atoms with Gasteiger partial charge in [-0.15, -0.1) is 0 Å². The fourth-order valence-corrected chi connectivity index (χ4v) is 4.10. The van der Waals surface area contributed by atoms with Crippen molar-refractivity contribution in [3.05, 3.63) is 78.2 Å². The third-order valence-electron chi connectivity index (χ3n) is 5.84. The number of aryl methyl sites for hydroxylation is 1. The van der Waals surface area contributed by atoms with E-state index < -0.39 is 0 Å². The molecule has 1 saturated heterocycles. The molecule has 33 heavy (non-hydrogen) atoms. The Balaban J connectivity index is 1.43. The molecule has 0 saturated carbocycles. The maximum Gasteiger partial charge on any atom is 0.251 e. The van der Waals surface area contributed by atoms with Crippen LogP contribution in [0.1, 0.15) is 28.9 Å². The largest absolute Gasteiger partial charge is 0.381 e. The van der Waals surface area contributed by atoms with Crippen LogP contribution in [0.2, 0.25) is 0 Å². The number of hydrogen-bond donors (Lipinski definition) is 2. The predicted molar refractivity (Wildman–Crippen MR) is 127 cm³/mol. The molecule has 7 heteroatoms. The van der Waals surface area contributed by atoms with Crippen LogP contribution in [0.3, 0.4) is 0 Å². The second kappa shape index (κ2) is 9.34. The Kier molecular flexibility index (Phi) is 5.95. The molecule has 3 aromatic heterocycles. The van der Waals surface area contributed by atoms with Gasteiger partial charge in [-0.3, -0.25) is 19.9 Å². The first-order chi connectivity index (χ1) is 16.2. The molecule has 0 unspecified atom stereocenters. The number of benzene rings is 1. The first kappa shape index (κ1) is 21.0. The van der Waals surface area contributed by atoms with Crippen LogP contribution >= 0.6 is 0 Å². The van der Waals surface area contributed by atoms with Gasteiger partial charge in [0.05, 0.1) is 11.4 Å². The van der Waals surface area contributed by atoms with E-state index in [0.29, 0.717) is 18.8 Å². The molecule has 0 aliphatic carbocycles. The number of amides is 1. The fraction of sp³-hybridized carbons (Fsp3) is 0.231. The Hall–Kier alpha value is -3.84. The molecule has 4 aromatic rings. The van der Waals surface area contributed by atoms with Crippen molar-refractivity contribution >= 4 is 5.91 Å². The van der Waals surface area contributed by atoms with Crippen molar-refractivity contribution in [2.45, 2.75) is 25.8 Å². The van der Waals surface area contributed by atoms with E-state index >= 15 is 0 Å². The van der Waals surface area contributed by atoms with Crippen LogP contribution in [0.4, 0.5) is 0 Å². The molecule has 2 N–H and O–H groups in total. The number of hydrogen-bond acceptors (Lipinski definition) is 5. The zero-order chi connectivity index (χ0) is 22.6. The van der Waals surface area contributed by atoms with Crippen molar-refractivity contribution in [3.8, 4) is 33.8 Å². The molecule has 0 radical (unpaired) electrons. The maximum atomic E-state index is 12.7. The van der Waals surface area contributed by atoms with Crippen LogP contribution < -0.4 is 5.32 Å². The highest BCUT2D eigenvalue weighted by Gasteiger charge is 2.19. The number of nitrogens with zero attached hydrogens (tertiary/aromatic N) is 3. The third-order valence-corrected chi connectivity index (χ3v) is 5.84. The Morgan fingerprint density at radius 3 is 2.61 bits per heavy atom. The number of rotatable bonds is 5. The van der Waals surface area contributed by atoms with Gasteiger partial charge in [0, 0.05) is 59.6 Å². The molecule has 1 fully saturated rings. The highest BCUT2D eigenvalue weighted by Crippen LogP contribution is 2.35.